The number of rotatable bonds is 6. The number of terminal acetylenes is 1. The minimum Gasteiger partial charge on any atom is -0.309 e. The topological polar surface area (TPSA) is 12.0 Å². The number of hydrogen-bond donors (Lipinski definition) is 1. The fourth-order valence-electron chi connectivity index (χ4n) is 1.61. The van der Waals surface area contributed by atoms with Crippen molar-refractivity contribution in [1.29, 1.82) is 0 Å². The highest BCUT2D eigenvalue weighted by atomic mass is 32.1. The smallest absolute Gasteiger partial charge is 0.0426 e. The molecule has 0 aromatic carbocycles. The molecule has 1 atom stereocenters. The molecular formula is C13H19NS. The van der Waals surface area contributed by atoms with Gasteiger partial charge >= 0.3 is 0 Å². The zero-order valence-corrected chi connectivity index (χ0v) is 10.4. The summed E-state index contributed by atoms with van der Waals surface area (Å²) in [6.45, 7) is 5.42. The van der Waals surface area contributed by atoms with E-state index in [0.29, 0.717) is 6.04 Å². The van der Waals surface area contributed by atoms with Crippen LogP contribution in [0.15, 0.2) is 11.4 Å². The summed E-state index contributed by atoms with van der Waals surface area (Å²) in [5, 5.41) is 5.72. The summed E-state index contributed by atoms with van der Waals surface area (Å²) in [6, 6.07) is 2.62. The van der Waals surface area contributed by atoms with E-state index in [0.717, 1.165) is 25.8 Å². The van der Waals surface area contributed by atoms with Crippen molar-refractivity contribution >= 4 is 11.3 Å². The van der Waals surface area contributed by atoms with Crippen molar-refractivity contribution in [2.24, 2.45) is 0 Å². The first-order chi connectivity index (χ1) is 7.29. The fraction of sp³-hybridized carbons (Fsp3) is 0.538. The van der Waals surface area contributed by atoms with Gasteiger partial charge in [-0.2, -0.15) is 0 Å². The zero-order chi connectivity index (χ0) is 11.1. The van der Waals surface area contributed by atoms with Crippen LogP contribution >= 0.6 is 11.3 Å². The second-order valence-electron chi connectivity index (χ2n) is 3.72. The molecule has 1 heterocycles. The Balaban J connectivity index is 2.63. The lowest BCUT2D eigenvalue weighted by Gasteiger charge is -2.17. The minimum absolute atomic E-state index is 0.445. The summed E-state index contributed by atoms with van der Waals surface area (Å²) in [5.74, 6) is 2.72. The highest BCUT2D eigenvalue weighted by molar-refractivity contribution is 7.10. The number of thiophene rings is 1. The molecule has 15 heavy (non-hydrogen) atoms. The van der Waals surface area contributed by atoms with Gasteiger partial charge in [0, 0.05) is 17.3 Å². The SMILES string of the molecule is C#CCCC(NCCC)c1sccc1C. The maximum Gasteiger partial charge on any atom is 0.0426 e. The molecule has 82 valence electrons. The monoisotopic (exact) mass is 221 g/mol. The Bertz CT molecular complexity index is 322. The van der Waals surface area contributed by atoms with Gasteiger partial charge in [-0.25, -0.2) is 0 Å². The second-order valence-corrected chi connectivity index (χ2v) is 4.67. The summed E-state index contributed by atoms with van der Waals surface area (Å²) in [5.41, 5.74) is 1.38. The summed E-state index contributed by atoms with van der Waals surface area (Å²) in [6.07, 6.45) is 8.37. The highest BCUT2D eigenvalue weighted by Gasteiger charge is 2.13. The van der Waals surface area contributed by atoms with Crippen molar-refractivity contribution in [3.63, 3.8) is 0 Å². The Morgan fingerprint density at radius 3 is 2.93 bits per heavy atom. The number of nitrogens with one attached hydrogen (secondary N) is 1. The largest absolute Gasteiger partial charge is 0.309 e. The van der Waals surface area contributed by atoms with E-state index in [1.807, 2.05) is 11.3 Å². The molecule has 1 rings (SSSR count). The molecule has 0 saturated carbocycles. The molecule has 0 aliphatic carbocycles. The van der Waals surface area contributed by atoms with Gasteiger partial charge < -0.3 is 5.32 Å². The van der Waals surface area contributed by atoms with Crippen molar-refractivity contribution in [3.8, 4) is 12.3 Å². The predicted molar refractivity (Wildman–Crippen MR) is 68.2 cm³/mol. The van der Waals surface area contributed by atoms with Gasteiger partial charge in [-0.1, -0.05) is 6.92 Å². The van der Waals surface area contributed by atoms with Crippen LogP contribution in [-0.2, 0) is 0 Å². The third kappa shape index (κ3) is 3.70. The zero-order valence-electron chi connectivity index (χ0n) is 9.55. The van der Waals surface area contributed by atoms with Crippen molar-refractivity contribution < 1.29 is 0 Å². The van der Waals surface area contributed by atoms with Crippen LogP contribution in [0.4, 0.5) is 0 Å². The van der Waals surface area contributed by atoms with Crippen LogP contribution in [0.2, 0.25) is 0 Å². The van der Waals surface area contributed by atoms with Crippen LogP contribution < -0.4 is 5.32 Å². The van der Waals surface area contributed by atoms with Gasteiger partial charge in [-0.05, 0) is 43.3 Å². The van der Waals surface area contributed by atoms with Crippen molar-refractivity contribution in [1.82, 2.24) is 5.32 Å². The molecule has 0 saturated heterocycles. The van der Waals surface area contributed by atoms with Crippen LogP contribution in [-0.4, -0.2) is 6.54 Å². The molecule has 0 fully saturated rings. The van der Waals surface area contributed by atoms with Gasteiger partial charge in [0.25, 0.3) is 0 Å². The van der Waals surface area contributed by atoms with Crippen LogP contribution in [0.25, 0.3) is 0 Å². The Labute approximate surface area is 96.9 Å². The van der Waals surface area contributed by atoms with Crippen molar-refractivity contribution in [2.45, 2.75) is 39.2 Å². The molecule has 0 bridgehead atoms. The Morgan fingerprint density at radius 2 is 2.40 bits per heavy atom. The van der Waals surface area contributed by atoms with Crippen molar-refractivity contribution in [2.75, 3.05) is 6.54 Å². The maximum atomic E-state index is 5.32. The van der Waals surface area contributed by atoms with Crippen LogP contribution in [0.5, 0.6) is 0 Å². The summed E-state index contributed by atoms with van der Waals surface area (Å²) in [7, 11) is 0. The summed E-state index contributed by atoms with van der Waals surface area (Å²) in [4.78, 5) is 1.44. The van der Waals surface area contributed by atoms with E-state index < -0.39 is 0 Å². The first kappa shape index (κ1) is 12.3. The van der Waals surface area contributed by atoms with E-state index in [1.165, 1.54) is 10.4 Å². The van der Waals surface area contributed by atoms with Crippen LogP contribution in [0.1, 0.15) is 42.7 Å². The Morgan fingerprint density at radius 1 is 1.60 bits per heavy atom. The molecule has 0 radical (unpaired) electrons. The second kappa shape index (κ2) is 6.66. The van der Waals surface area contributed by atoms with E-state index in [1.54, 1.807) is 0 Å². The average molecular weight is 221 g/mol. The quantitative estimate of drug-likeness (QED) is 0.725. The lowest BCUT2D eigenvalue weighted by atomic mass is 10.1. The summed E-state index contributed by atoms with van der Waals surface area (Å²) >= 11 is 1.83. The molecule has 0 amide bonds. The van der Waals surface area contributed by atoms with Gasteiger partial charge in [-0.3, -0.25) is 0 Å². The average Bonchev–Trinajstić information content (AvgIpc) is 2.65. The first-order valence-corrected chi connectivity index (χ1v) is 6.38. The van der Waals surface area contributed by atoms with Gasteiger partial charge in [0.1, 0.15) is 0 Å². The van der Waals surface area contributed by atoms with Gasteiger partial charge in [0.15, 0.2) is 0 Å². The first-order valence-electron chi connectivity index (χ1n) is 5.50. The standard InChI is InChI=1S/C13H19NS/c1-4-6-7-12(14-9-5-2)13-11(3)8-10-15-13/h1,8,10,12,14H,5-7,9H2,2-3H3. The third-order valence-corrected chi connectivity index (χ3v) is 3.57. The van der Waals surface area contributed by atoms with E-state index in [9.17, 15) is 0 Å². The molecule has 0 aliphatic rings. The van der Waals surface area contributed by atoms with Crippen LogP contribution in [0, 0.1) is 19.3 Å². The Hall–Kier alpha value is -0.780. The fourth-order valence-corrected chi connectivity index (χ4v) is 2.65. The lowest BCUT2D eigenvalue weighted by Crippen LogP contribution is -2.21. The number of aryl methyl sites for hydroxylation is 1. The molecular weight excluding hydrogens is 202 g/mol. The van der Waals surface area contributed by atoms with E-state index in [2.05, 4.69) is 36.5 Å². The molecule has 1 aromatic rings. The highest BCUT2D eigenvalue weighted by Crippen LogP contribution is 2.27. The van der Waals surface area contributed by atoms with Crippen molar-refractivity contribution in [3.05, 3.63) is 21.9 Å². The number of hydrogen-bond acceptors (Lipinski definition) is 2. The molecule has 1 aromatic heterocycles. The summed E-state index contributed by atoms with van der Waals surface area (Å²) < 4.78 is 0. The molecule has 2 heteroatoms. The van der Waals surface area contributed by atoms with E-state index in [-0.39, 0.29) is 0 Å². The van der Waals surface area contributed by atoms with E-state index >= 15 is 0 Å². The molecule has 0 aliphatic heterocycles. The Kier molecular flexibility index (Phi) is 5.45. The molecule has 1 nitrogen and oxygen atoms in total. The lowest BCUT2D eigenvalue weighted by molar-refractivity contribution is 0.511. The molecule has 0 spiro atoms. The third-order valence-electron chi connectivity index (χ3n) is 2.44. The van der Waals surface area contributed by atoms with Gasteiger partial charge in [-0.15, -0.1) is 23.7 Å². The van der Waals surface area contributed by atoms with Gasteiger partial charge in [0.05, 0.1) is 0 Å². The van der Waals surface area contributed by atoms with Gasteiger partial charge in [0.2, 0.25) is 0 Å². The maximum absolute atomic E-state index is 5.32. The van der Waals surface area contributed by atoms with E-state index in [4.69, 9.17) is 6.42 Å². The predicted octanol–water partition coefficient (Wildman–Crippen LogP) is 3.51. The molecule has 1 N–H and O–H groups in total. The minimum atomic E-state index is 0.445. The van der Waals surface area contributed by atoms with Crippen LogP contribution in [0.3, 0.4) is 0 Å². The normalized spacial score (nSPS) is 12.3. The molecule has 1 unspecified atom stereocenters.